The molecule has 128 valence electrons. The Labute approximate surface area is 142 Å². The molecule has 3 rings (SSSR count). The Bertz CT molecular complexity index is 741. The van der Waals surface area contributed by atoms with Crippen LogP contribution in [0.1, 0.15) is 11.4 Å². The molecule has 1 aromatic rings. The lowest BCUT2D eigenvalue weighted by Crippen LogP contribution is -2.58. The molecule has 2 aliphatic rings. The number of thioether (sulfide) groups is 1. The molecule has 0 radical (unpaired) electrons. The molecule has 8 nitrogen and oxygen atoms in total. The third-order valence-electron chi connectivity index (χ3n) is 3.95. The van der Waals surface area contributed by atoms with Crippen LogP contribution in [0.25, 0.3) is 5.03 Å². The molecule has 1 fully saturated rings. The molecule has 2 aliphatic heterocycles. The average Bonchev–Trinajstić information content (AvgIpc) is 3.04. The fourth-order valence-corrected chi connectivity index (χ4v) is 3.94. The van der Waals surface area contributed by atoms with Crippen molar-refractivity contribution in [2.45, 2.75) is 19.2 Å². The first-order valence-corrected chi connectivity index (χ1v) is 8.18. The summed E-state index contributed by atoms with van der Waals surface area (Å²) in [6, 6.07) is 0. The number of nitrogens with zero attached hydrogens (tertiary/aromatic N) is 3. The van der Waals surface area contributed by atoms with Gasteiger partial charge in [0.2, 0.25) is 11.8 Å². The zero-order valence-electron chi connectivity index (χ0n) is 13.3. The number of amides is 1. The lowest BCUT2D eigenvalue weighted by Gasteiger charge is -2.40. The van der Waals surface area contributed by atoms with E-state index in [-0.39, 0.29) is 30.4 Å². The highest BCUT2D eigenvalue weighted by atomic mass is 32.2. The number of imidazole rings is 1. The van der Waals surface area contributed by atoms with Crippen LogP contribution in [0.5, 0.6) is 0 Å². The standard InChI is InChI=1S/C15H17N3O5S/c1-4-5-22-15(21)23-12-14(17-7-16-8(2)9(17)3)24-13-10(6-19)11(20)18(12)13/h4,7,10,13,19H,1,5-6H2,2-3H3/t10-,13+/m0/s1. The Kier molecular flexibility index (Phi) is 4.37. The van der Waals surface area contributed by atoms with E-state index < -0.39 is 12.1 Å². The van der Waals surface area contributed by atoms with Crippen LogP contribution in [0.2, 0.25) is 0 Å². The van der Waals surface area contributed by atoms with Gasteiger partial charge in [-0.1, -0.05) is 24.4 Å². The topological polar surface area (TPSA) is 93.9 Å². The number of carbonyl (C=O) groups is 2. The van der Waals surface area contributed by atoms with Crippen molar-refractivity contribution in [3.63, 3.8) is 0 Å². The molecular weight excluding hydrogens is 334 g/mol. The lowest BCUT2D eigenvalue weighted by molar-refractivity contribution is -0.151. The number of hydrogen-bond acceptors (Lipinski definition) is 7. The van der Waals surface area contributed by atoms with Gasteiger partial charge in [-0.2, -0.15) is 0 Å². The molecule has 0 aliphatic carbocycles. The Morgan fingerprint density at radius 1 is 1.54 bits per heavy atom. The number of aliphatic hydroxyl groups excluding tert-OH is 1. The molecule has 0 bridgehead atoms. The largest absolute Gasteiger partial charge is 0.515 e. The Hall–Kier alpha value is -2.26. The first-order chi connectivity index (χ1) is 11.5. The van der Waals surface area contributed by atoms with Gasteiger partial charge in [0.25, 0.3) is 0 Å². The number of aryl methyl sites for hydroxylation is 1. The van der Waals surface area contributed by atoms with Crippen LogP contribution in [0.4, 0.5) is 4.79 Å². The number of rotatable bonds is 5. The minimum absolute atomic E-state index is 0.00837. The molecule has 0 saturated carbocycles. The number of β-lactam (4-membered cyclic amide) rings is 1. The second kappa shape index (κ2) is 6.33. The monoisotopic (exact) mass is 351 g/mol. The molecule has 0 aromatic carbocycles. The van der Waals surface area contributed by atoms with Crippen molar-refractivity contribution in [2.75, 3.05) is 13.2 Å². The maximum atomic E-state index is 12.2. The second-order valence-corrected chi connectivity index (χ2v) is 6.46. The quantitative estimate of drug-likeness (QED) is 0.487. The molecule has 2 atom stereocenters. The smallest absolute Gasteiger partial charge is 0.430 e. The van der Waals surface area contributed by atoms with E-state index in [4.69, 9.17) is 9.47 Å². The lowest BCUT2D eigenvalue weighted by atomic mass is 10.00. The van der Waals surface area contributed by atoms with Gasteiger partial charge in [-0.05, 0) is 13.8 Å². The van der Waals surface area contributed by atoms with Gasteiger partial charge >= 0.3 is 6.16 Å². The molecule has 0 unspecified atom stereocenters. The van der Waals surface area contributed by atoms with Crippen LogP contribution >= 0.6 is 11.8 Å². The normalized spacial score (nSPS) is 22.3. The Morgan fingerprint density at radius 2 is 2.29 bits per heavy atom. The van der Waals surface area contributed by atoms with Crippen LogP contribution in [0.3, 0.4) is 0 Å². The van der Waals surface area contributed by atoms with Crippen molar-refractivity contribution in [1.29, 1.82) is 0 Å². The average molecular weight is 351 g/mol. The fraction of sp³-hybridized carbons (Fsp3) is 0.400. The van der Waals surface area contributed by atoms with Crippen molar-refractivity contribution in [2.24, 2.45) is 5.92 Å². The third-order valence-corrected chi connectivity index (χ3v) is 5.33. The Balaban J connectivity index is 1.94. The van der Waals surface area contributed by atoms with E-state index in [0.717, 1.165) is 11.4 Å². The summed E-state index contributed by atoms with van der Waals surface area (Å²) in [6.07, 6.45) is 2.11. The van der Waals surface area contributed by atoms with Gasteiger partial charge in [0.15, 0.2) is 0 Å². The van der Waals surface area contributed by atoms with E-state index in [2.05, 4.69) is 11.6 Å². The summed E-state index contributed by atoms with van der Waals surface area (Å²) in [6.45, 7) is 6.96. The zero-order valence-corrected chi connectivity index (χ0v) is 14.1. The molecule has 1 N–H and O–H groups in total. The molecule has 0 spiro atoms. The highest BCUT2D eigenvalue weighted by Crippen LogP contribution is 2.51. The first kappa shape index (κ1) is 16.6. The third kappa shape index (κ3) is 2.49. The predicted octanol–water partition coefficient (Wildman–Crippen LogP) is 1.45. The van der Waals surface area contributed by atoms with Crippen molar-refractivity contribution < 1.29 is 24.2 Å². The van der Waals surface area contributed by atoms with Gasteiger partial charge < -0.3 is 14.6 Å². The minimum Gasteiger partial charge on any atom is -0.430 e. The van der Waals surface area contributed by atoms with Crippen molar-refractivity contribution in [3.8, 4) is 0 Å². The molecule has 1 amide bonds. The number of aromatic nitrogens is 2. The highest BCUT2D eigenvalue weighted by molar-refractivity contribution is 8.08. The van der Waals surface area contributed by atoms with E-state index in [9.17, 15) is 14.7 Å². The summed E-state index contributed by atoms with van der Waals surface area (Å²) in [4.78, 5) is 29.6. The maximum Gasteiger partial charge on any atom is 0.515 e. The van der Waals surface area contributed by atoms with Gasteiger partial charge in [0.05, 0.1) is 18.2 Å². The van der Waals surface area contributed by atoms with E-state index in [0.29, 0.717) is 5.03 Å². The Morgan fingerprint density at radius 3 is 2.88 bits per heavy atom. The predicted molar refractivity (Wildman–Crippen MR) is 86.3 cm³/mol. The van der Waals surface area contributed by atoms with Gasteiger partial charge in [0.1, 0.15) is 23.3 Å². The molecule has 24 heavy (non-hydrogen) atoms. The van der Waals surface area contributed by atoms with Crippen molar-refractivity contribution in [3.05, 3.63) is 36.3 Å². The number of aliphatic hydroxyl groups is 1. The van der Waals surface area contributed by atoms with Crippen molar-refractivity contribution in [1.82, 2.24) is 14.5 Å². The number of hydrogen-bond donors (Lipinski definition) is 1. The van der Waals surface area contributed by atoms with Gasteiger partial charge in [-0.3, -0.25) is 14.3 Å². The van der Waals surface area contributed by atoms with Crippen LogP contribution < -0.4 is 0 Å². The molecule has 1 aromatic heterocycles. The van der Waals surface area contributed by atoms with E-state index >= 15 is 0 Å². The first-order valence-electron chi connectivity index (χ1n) is 7.30. The number of ether oxygens (including phenoxy) is 2. The summed E-state index contributed by atoms with van der Waals surface area (Å²) in [7, 11) is 0. The van der Waals surface area contributed by atoms with E-state index in [1.807, 2.05) is 13.8 Å². The summed E-state index contributed by atoms with van der Waals surface area (Å²) >= 11 is 1.35. The summed E-state index contributed by atoms with van der Waals surface area (Å²) < 4.78 is 11.9. The minimum atomic E-state index is -0.918. The molecule has 3 heterocycles. The van der Waals surface area contributed by atoms with E-state index in [1.165, 1.54) is 22.7 Å². The number of fused-ring (bicyclic) bond motifs is 1. The summed E-state index contributed by atoms with van der Waals surface area (Å²) in [5, 5.41) is 9.62. The summed E-state index contributed by atoms with van der Waals surface area (Å²) in [5.74, 6) is -0.694. The number of carbonyl (C=O) groups excluding carboxylic acids is 2. The fourth-order valence-electron chi connectivity index (χ4n) is 2.50. The van der Waals surface area contributed by atoms with Crippen LogP contribution in [0.15, 0.2) is 24.9 Å². The highest BCUT2D eigenvalue weighted by Gasteiger charge is 2.56. The maximum absolute atomic E-state index is 12.2. The van der Waals surface area contributed by atoms with Crippen LogP contribution in [-0.2, 0) is 14.3 Å². The van der Waals surface area contributed by atoms with E-state index in [1.54, 1.807) is 10.9 Å². The zero-order chi connectivity index (χ0) is 17.4. The SMILES string of the molecule is C=CCOC(=O)OC1=C(n2cnc(C)c2C)S[C@@H]2[C@@H](CO)C(=O)N12. The van der Waals surface area contributed by atoms with Gasteiger partial charge in [-0.25, -0.2) is 9.78 Å². The van der Waals surface area contributed by atoms with Gasteiger partial charge in [-0.15, -0.1) is 0 Å². The molecule has 9 heteroatoms. The van der Waals surface area contributed by atoms with Crippen LogP contribution in [0, 0.1) is 19.8 Å². The second-order valence-electron chi connectivity index (χ2n) is 5.35. The van der Waals surface area contributed by atoms with Crippen molar-refractivity contribution >= 4 is 28.9 Å². The molecule has 1 saturated heterocycles. The summed E-state index contributed by atoms with van der Waals surface area (Å²) in [5.41, 5.74) is 1.70. The van der Waals surface area contributed by atoms with Gasteiger partial charge in [0, 0.05) is 5.69 Å². The van der Waals surface area contributed by atoms with Crippen LogP contribution in [-0.4, -0.2) is 50.2 Å². The molecular formula is C15H17N3O5S.